The van der Waals surface area contributed by atoms with Gasteiger partial charge in [0.1, 0.15) is 5.54 Å². The van der Waals surface area contributed by atoms with E-state index in [9.17, 15) is 14.4 Å². The van der Waals surface area contributed by atoms with Gasteiger partial charge in [-0.2, -0.15) is 0 Å². The highest BCUT2D eigenvalue weighted by Crippen LogP contribution is 2.26. The molecule has 150 valence electrons. The number of thiophene rings is 1. The fourth-order valence-electron chi connectivity index (χ4n) is 3.45. The summed E-state index contributed by atoms with van der Waals surface area (Å²) in [4.78, 5) is 40.0. The lowest BCUT2D eigenvalue weighted by molar-refractivity contribution is -0.148. The summed E-state index contributed by atoms with van der Waals surface area (Å²) in [5.41, 5.74) is -0.961. The van der Waals surface area contributed by atoms with Crippen LogP contribution in [0.1, 0.15) is 64.2 Å². The van der Waals surface area contributed by atoms with Crippen LogP contribution in [-0.2, 0) is 20.9 Å². The van der Waals surface area contributed by atoms with E-state index >= 15 is 0 Å². The van der Waals surface area contributed by atoms with Crippen LogP contribution in [0.2, 0.25) is 0 Å². The topological polar surface area (TPSA) is 78.5 Å². The number of hydrogen-bond donors (Lipinski definition) is 2. The third-order valence-electron chi connectivity index (χ3n) is 5.40. The van der Waals surface area contributed by atoms with Crippen molar-refractivity contribution in [2.75, 3.05) is 6.54 Å². The Kier molecular flexibility index (Phi) is 7.83. The lowest BCUT2D eigenvalue weighted by atomic mass is 9.91. The van der Waals surface area contributed by atoms with Crippen LogP contribution in [0.5, 0.6) is 0 Å². The summed E-state index contributed by atoms with van der Waals surface area (Å²) in [5.74, 6) is -0.615. The molecule has 1 unspecified atom stereocenters. The van der Waals surface area contributed by atoms with E-state index in [-0.39, 0.29) is 30.3 Å². The summed E-state index contributed by atoms with van der Waals surface area (Å²) in [6.45, 7) is 5.38. The molecular weight excluding hydrogens is 362 g/mol. The molecule has 0 saturated heterocycles. The van der Waals surface area contributed by atoms with Gasteiger partial charge in [0.15, 0.2) is 0 Å². The average molecular weight is 394 g/mol. The molecule has 0 aromatic carbocycles. The maximum atomic E-state index is 13.2. The molecular formula is C20H31N3O3S. The number of amides is 3. The van der Waals surface area contributed by atoms with Gasteiger partial charge in [0.2, 0.25) is 17.7 Å². The second-order valence-corrected chi connectivity index (χ2v) is 8.44. The number of carbonyl (C=O) groups excluding carboxylic acids is 3. The smallest absolute Gasteiger partial charge is 0.245 e. The van der Waals surface area contributed by atoms with Gasteiger partial charge in [0.25, 0.3) is 0 Å². The van der Waals surface area contributed by atoms with Crippen LogP contribution >= 0.6 is 11.3 Å². The van der Waals surface area contributed by atoms with Crippen LogP contribution in [0.4, 0.5) is 0 Å². The molecule has 1 aromatic heterocycles. The van der Waals surface area contributed by atoms with Crippen LogP contribution in [0, 0.1) is 0 Å². The number of nitrogens with one attached hydrogen (secondary N) is 2. The van der Waals surface area contributed by atoms with Gasteiger partial charge in [-0.3, -0.25) is 14.4 Å². The number of carbonyl (C=O) groups is 3. The molecule has 2 rings (SSSR count). The van der Waals surface area contributed by atoms with Crippen molar-refractivity contribution in [2.45, 2.75) is 77.4 Å². The normalized spacial score (nSPS) is 17.0. The molecule has 1 aliphatic carbocycles. The predicted octanol–water partition coefficient (Wildman–Crippen LogP) is 2.83. The fourth-order valence-corrected chi connectivity index (χ4v) is 4.15. The van der Waals surface area contributed by atoms with Crippen molar-refractivity contribution in [1.82, 2.24) is 15.5 Å². The first-order valence-corrected chi connectivity index (χ1v) is 10.6. The minimum absolute atomic E-state index is 0.104. The monoisotopic (exact) mass is 393 g/mol. The zero-order chi connectivity index (χ0) is 19.9. The van der Waals surface area contributed by atoms with E-state index < -0.39 is 5.54 Å². The minimum atomic E-state index is -0.961. The molecule has 1 saturated carbocycles. The largest absolute Gasteiger partial charge is 0.351 e. The van der Waals surface area contributed by atoms with Gasteiger partial charge < -0.3 is 15.5 Å². The first-order valence-electron chi connectivity index (χ1n) is 9.75. The predicted molar refractivity (Wildman–Crippen MR) is 107 cm³/mol. The molecule has 0 bridgehead atoms. The molecule has 27 heavy (non-hydrogen) atoms. The summed E-state index contributed by atoms with van der Waals surface area (Å²) in [7, 11) is 0. The lowest BCUT2D eigenvalue weighted by Gasteiger charge is -2.40. The zero-order valence-electron chi connectivity index (χ0n) is 16.5. The summed E-state index contributed by atoms with van der Waals surface area (Å²) in [6, 6.07) is 4.08. The van der Waals surface area contributed by atoms with E-state index in [1.807, 2.05) is 31.4 Å². The first-order chi connectivity index (χ1) is 12.9. The van der Waals surface area contributed by atoms with Crippen LogP contribution in [0.25, 0.3) is 0 Å². The molecule has 1 heterocycles. The molecule has 7 heteroatoms. The molecule has 0 radical (unpaired) electrons. The Morgan fingerprint density at radius 1 is 1.26 bits per heavy atom. The van der Waals surface area contributed by atoms with Crippen molar-refractivity contribution >= 4 is 29.1 Å². The maximum Gasteiger partial charge on any atom is 0.245 e. The number of hydrogen-bond acceptors (Lipinski definition) is 4. The molecule has 3 amide bonds. The fraction of sp³-hybridized carbons (Fsp3) is 0.650. The molecule has 1 fully saturated rings. The lowest BCUT2D eigenvalue weighted by Crippen LogP contribution is -2.61. The minimum Gasteiger partial charge on any atom is -0.351 e. The van der Waals surface area contributed by atoms with Crippen LogP contribution in [0.15, 0.2) is 17.5 Å². The quantitative estimate of drug-likeness (QED) is 0.713. The summed E-state index contributed by atoms with van der Waals surface area (Å²) in [6.07, 6.45) is 5.98. The second kappa shape index (κ2) is 9.88. The molecule has 6 nitrogen and oxygen atoms in total. The van der Waals surface area contributed by atoms with E-state index in [1.54, 1.807) is 16.2 Å². The van der Waals surface area contributed by atoms with E-state index in [0.29, 0.717) is 13.0 Å². The number of rotatable bonds is 8. The van der Waals surface area contributed by atoms with Gasteiger partial charge >= 0.3 is 0 Å². The van der Waals surface area contributed by atoms with Gasteiger partial charge in [-0.25, -0.2) is 0 Å². The van der Waals surface area contributed by atoms with Crippen molar-refractivity contribution in [2.24, 2.45) is 0 Å². The van der Waals surface area contributed by atoms with Crippen molar-refractivity contribution in [1.29, 1.82) is 0 Å². The second-order valence-electron chi connectivity index (χ2n) is 7.40. The molecule has 2 N–H and O–H groups in total. The van der Waals surface area contributed by atoms with Gasteiger partial charge in [0, 0.05) is 17.8 Å². The molecule has 0 aliphatic heterocycles. The standard InChI is InChI=1S/C20H31N3O3S/c1-4-20(3,19(26)22-16-9-6-5-7-10-16)23(14-17-11-8-12-27-17)18(25)13-21-15(2)24/h8,11-12,16H,4-7,9-10,13-14H2,1-3H3,(H,21,24)(H,22,26). The highest BCUT2D eigenvalue weighted by molar-refractivity contribution is 7.09. The Morgan fingerprint density at radius 2 is 1.96 bits per heavy atom. The van der Waals surface area contributed by atoms with Crippen molar-refractivity contribution in [3.05, 3.63) is 22.4 Å². The van der Waals surface area contributed by atoms with Crippen LogP contribution < -0.4 is 10.6 Å². The summed E-state index contributed by atoms with van der Waals surface area (Å²) < 4.78 is 0. The summed E-state index contributed by atoms with van der Waals surface area (Å²) in [5, 5.41) is 7.69. The highest BCUT2D eigenvalue weighted by Gasteiger charge is 2.41. The Morgan fingerprint density at radius 3 is 2.52 bits per heavy atom. The van der Waals surface area contributed by atoms with Gasteiger partial charge in [-0.1, -0.05) is 32.3 Å². The van der Waals surface area contributed by atoms with Gasteiger partial charge in [-0.05, 0) is 37.6 Å². The SMILES string of the molecule is CCC(C)(C(=O)NC1CCCCC1)N(Cc1cccs1)C(=O)CNC(C)=O. The third-order valence-corrected chi connectivity index (χ3v) is 6.26. The van der Waals surface area contributed by atoms with E-state index in [4.69, 9.17) is 0 Å². The van der Waals surface area contributed by atoms with Crippen molar-refractivity contribution < 1.29 is 14.4 Å². The molecule has 1 atom stereocenters. The number of nitrogens with zero attached hydrogens (tertiary/aromatic N) is 1. The maximum absolute atomic E-state index is 13.2. The van der Waals surface area contributed by atoms with E-state index in [0.717, 1.165) is 30.6 Å². The van der Waals surface area contributed by atoms with Gasteiger partial charge in [-0.15, -0.1) is 11.3 Å². The van der Waals surface area contributed by atoms with Crippen molar-refractivity contribution in [3.8, 4) is 0 Å². The third kappa shape index (κ3) is 5.79. The Hall–Kier alpha value is -1.89. The average Bonchev–Trinajstić information content (AvgIpc) is 3.17. The highest BCUT2D eigenvalue weighted by atomic mass is 32.1. The molecule has 0 spiro atoms. The molecule has 1 aromatic rings. The van der Waals surface area contributed by atoms with E-state index in [1.165, 1.54) is 13.3 Å². The zero-order valence-corrected chi connectivity index (χ0v) is 17.4. The van der Waals surface area contributed by atoms with E-state index in [2.05, 4.69) is 10.6 Å². The molecule has 1 aliphatic rings. The first kappa shape index (κ1) is 21.4. The Balaban J connectivity index is 2.19. The Labute approximate surface area is 165 Å². The summed E-state index contributed by atoms with van der Waals surface area (Å²) >= 11 is 1.55. The van der Waals surface area contributed by atoms with Crippen LogP contribution in [-0.4, -0.2) is 40.7 Å². The van der Waals surface area contributed by atoms with Crippen molar-refractivity contribution in [3.63, 3.8) is 0 Å². The van der Waals surface area contributed by atoms with Gasteiger partial charge in [0.05, 0.1) is 13.1 Å². The Bertz CT molecular complexity index is 641. The van der Waals surface area contributed by atoms with Crippen LogP contribution in [0.3, 0.4) is 0 Å².